The maximum Gasteiger partial charge on any atom is 0.483 e. The lowest BCUT2D eigenvalue weighted by molar-refractivity contribution is -0.280. The van der Waals surface area contributed by atoms with E-state index in [1.165, 1.54) is 23.2 Å². The highest BCUT2D eigenvalue weighted by molar-refractivity contribution is 7.61. The third-order valence-electron chi connectivity index (χ3n) is 5.80. The van der Waals surface area contributed by atoms with Crippen molar-refractivity contribution >= 4 is 32.5 Å². The third kappa shape index (κ3) is 5.92. The molecule has 5 unspecified atom stereocenters. The minimum absolute atomic E-state index is 0.213. The number of nitrogens with two attached hydrogens (primary N) is 1. The Bertz CT molecular complexity index is 1230. The first-order valence-corrected chi connectivity index (χ1v) is 13.8. The molecular weight excluding hydrogens is 562 g/mol. The Labute approximate surface area is 212 Å². The Morgan fingerprint density at radius 2 is 1.63 bits per heavy atom. The summed E-state index contributed by atoms with van der Waals surface area (Å²) in [6, 6.07) is 1.50. The van der Waals surface area contributed by atoms with E-state index in [1.807, 2.05) is 0 Å². The standard InChI is InChI=1S/C17H26N4O15P2/c18-6-1-2-19-15-9(6)20-5-21(15)16-13(26)11(24)8(33-16)4-32-37(28,29)36-38(30,31)35-17-14(27)12(25)10(23)7(3-22)34-17/h1-2,5,7-8,10-14,16-17,22-27H,3-4H2,(H2,18,19)(H,28,29)(H,30,31)/t7?,8-,10-,11?,12+,13+,14?,16-,17+/m1/s1. The van der Waals surface area contributed by atoms with E-state index in [0.29, 0.717) is 11.2 Å². The van der Waals surface area contributed by atoms with Crippen LogP contribution in [0.25, 0.3) is 11.2 Å². The molecule has 0 spiro atoms. The van der Waals surface area contributed by atoms with Gasteiger partial charge in [0.15, 0.2) is 18.2 Å². The van der Waals surface area contributed by atoms with Crippen molar-refractivity contribution in [3.63, 3.8) is 0 Å². The van der Waals surface area contributed by atoms with Crippen LogP contribution in [-0.2, 0) is 32.0 Å². The second kappa shape index (κ2) is 11.1. The molecule has 0 saturated carbocycles. The van der Waals surface area contributed by atoms with Gasteiger partial charge < -0.3 is 55.6 Å². The molecule has 0 radical (unpaired) electrons. The predicted octanol–water partition coefficient (Wildman–Crippen LogP) is -3.32. The molecule has 2 aromatic rings. The van der Waals surface area contributed by atoms with E-state index in [-0.39, 0.29) is 5.65 Å². The number of hydrogen-bond acceptors (Lipinski definition) is 16. The first-order valence-electron chi connectivity index (χ1n) is 10.8. The molecule has 2 fully saturated rings. The summed E-state index contributed by atoms with van der Waals surface area (Å²) in [5.41, 5.74) is 6.63. The molecule has 0 bridgehead atoms. The van der Waals surface area contributed by atoms with Gasteiger partial charge in [0.1, 0.15) is 48.2 Å². The molecule has 0 amide bonds. The summed E-state index contributed by atoms with van der Waals surface area (Å²) in [5, 5.41) is 59.3. The number of pyridine rings is 1. The zero-order valence-corrected chi connectivity index (χ0v) is 20.9. The smallest absolute Gasteiger partial charge is 0.397 e. The zero-order chi connectivity index (χ0) is 28.0. The van der Waals surface area contributed by atoms with Gasteiger partial charge in [-0.2, -0.15) is 4.31 Å². The Balaban J connectivity index is 1.38. The number of aliphatic hydroxyl groups is 6. The number of phosphoric ester groups is 2. The number of ether oxygens (including phenoxy) is 2. The fraction of sp³-hybridized carbons (Fsp3) is 0.647. The molecule has 2 aliphatic heterocycles. The number of rotatable bonds is 9. The summed E-state index contributed by atoms with van der Waals surface area (Å²) in [4.78, 5) is 27.9. The summed E-state index contributed by atoms with van der Waals surface area (Å²) in [7, 11) is -11.0. The van der Waals surface area contributed by atoms with Crippen molar-refractivity contribution in [3.8, 4) is 0 Å². The van der Waals surface area contributed by atoms with E-state index in [4.69, 9.17) is 20.3 Å². The van der Waals surface area contributed by atoms with Crippen LogP contribution in [0.5, 0.6) is 0 Å². The van der Waals surface area contributed by atoms with Crippen molar-refractivity contribution < 1.29 is 72.4 Å². The van der Waals surface area contributed by atoms with Gasteiger partial charge >= 0.3 is 15.6 Å². The highest BCUT2D eigenvalue weighted by Crippen LogP contribution is 2.61. The maximum absolute atomic E-state index is 12.3. The average Bonchev–Trinajstić information content (AvgIpc) is 3.39. The highest BCUT2D eigenvalue weighted by Gasteiger charge is 2.49. The number of nitrogens with zero attached hydrogens (tertiary/aromatic N) is 3. The zero-order valence-electron chi connectivity index (χ0n) is 19.1. The van der Waals surface area contributed by atoms with Crippen molar-refractivity contribution in [2.24, 2.45) is 0 Å². The second-order valence-electron chi connectivity index (χ2n) is 8.39. The van der Waals surface area contributed by atoms with Crippen LogP contribution in [0.1, 0.15) is 6.23 Å². The summed E-state index contributed by atoms with van der Waals surface area (Å²) >= 11 is 0. The van der Waals surface area contributed by atoms with Crippen molar-refractivity contribution in [2.75, 3.05) is 18.9 Å². The largest absolute Gasteiger partial charge is 0.483 e. The predicted molar refractivity (Wildman–Crippen MR) is 119 cm³/mol. The first kappa shape index (κ1) is 29.3. The number of anilines is 1. The Hall–Kier alpha value is -1.64. The molecule has 0 aliphatic carbocycles. The van der Waals surface area contributed by atoms with Crippen LogP contribution in [0.15, 0.2) is 18.6 Å². The Morgan fingerprint density at radius 1 is 0.947 bits per heavy atom. The fourth-order valence-corrected chi connectivity index (χ4v) is 6.02. The topological polar surface area (TPSA) is 299 Å². The summed E-state index contributed by atoms with van der Waals surface area (Å²) in [6.45, 7) is -1.80. The lowest BCUT2D eigenvalue weighted by Gasteiger charge is -2.39. The molecule has 0 aromatic carbocycles. The number of hydrogen-bond donors (Lipinski definition) is 9. The van der Waals surface area contributed by atoms with Crippen LogP contribution in [0.2, 0.25) is 0 Å². The highest BCUT2D eigenvalue weighted by atomic mass is 31.3. The van der Waals surface area contributed by atoms with E-state index in [0.717, 1.165) is 0 Å². The van der Waals surface area contributed by atoms with Crippen molar-refractivity contribution in [1.29, 1.82) is 0 Å². The van der Waals surface area contributed by atoms with Crippen molar-refractivity contribution in [2.45, 2.75) is 55.2 Å². The lowest BCUT2D eigenvalue weighted by atomic mass is 10.00. The number of aliphatic hydroxyl groups excluding tert-OH is 6. The minimum Gasteiger partial charge on any atom is -0.397 e. The van der Waals surface area contributed by atoms with Gasteiger partial charge in [-0.1, -0.05) is 0 Å². The van der Waals surface area contributed by atoms with Gasteiger partial charge in [-0.15, -0.1) is 0 Å². The van der Waals surface area contributed by atoms with E-state index in [1.54, 1.807) is 0 Å². The number of fused-ring (bicyclic) bond motifs is 1. The van der Waals surface area contributed by atoms with Crippen LogP contribution in [0.4, 0.5) is 5.69 Å². The van der Waals surface area contributed by atoms with Crippen LogP contribution >= 0.6 is 15.6 Å². The molecular formula is C17H26N4O15P2. The maximum atomic E-state index is 12.3. The van der Waals surface area contributed by atoms with E-state index < -0.39 is 84.1 Å². The van der Waals surface area contributed by atoms with Gasteiger partial charge in [-0.05, 0) is 6.07 Å². The molecule has 11 atom stereocenters. The van der Waals surface area contributed by atoms with Crippen LogP contribution in [0, 0.1) is 0 Å². The molecule has 2 aromatic heterocycles. The molecule has 2 aliphatic rings. The van der Waals surface area contributed by atoms with Gasteiger partial charge in [0.25, 0.3) is 0 Å². The van der Waals surface area contributed by atoms with Crippen molar-refractivity contribution in [1.82, 2.24) is 14.5 Å². The van der Waals surface area contributed by atoms with Gasteiger partial charge in [0, 0.05) is 6.20 Å². The number of aromatic nitrogens is 3. The number of nitrogen functional groups attached to an aromatic ring is 1. The Kier molecular flexibility index (Phi) is 8.56. The van der Waals surface area contributed by atoms with E-state index in [9.17, 15) is 44.4 Å². The van der Waals surface area contributed by atoms with Crippen LogP contribution < -0.4 is 5.73 Å². The number of phosphoric acid groups is 2. The minimum atomic E-state index is -5.56. The van der Waals surface area contributed by atoms with Crippen LogP contribution in [-0.4, -0.2) is 117 Å². The third-order valence-corrected chi connectivity index (χ3v) is 8.40. The van der Waals surface area contributed by atoms with Gasteiger partial charge in [-0.3, -0.25) is 13.6 Å². The molecule has 21 heteroatoms. The van der Waals surface area contributed by atoms with E-state index in [2.05, 4.69) is 23.3 Å². The quantitative estimate of drug-likeness (QED) is 0.129. The second-order valence-corrected chi connectivity index (χ2v) is 11.4. The molecule has 10 N–H and O–H groups in total. The molecule has 214 valence electrons. The monoisotopic (exact) mass is 588 g/mol. The average molecular weight is 588 g/mol. The Morgan fingerprint density at radius 3 is 2.32 bits per heavy atom. The summed E-state index contributed by atoms with van der Waals surface area (Å²) in [5.74, 6) is 0. The van der Waals surface area contributed by atoms with Gasteiger partial charge in [0.2, 0.25) is 0 Å². The van der Waals surface area contributed by atoms with Crippen LogP contribution in [0.3, 0.4) is 0 Å². The van der Waals surface area contributed by atoms with Gasteiger partial charge in [0.05, 0.1) is 25.2 Å². The van der Waals surface area contributed by atoms with Gasteiger partial charge in [-0.25, -0.2) is 19.1 Å². The normalized spacial score (nSPS) is 37.2. The molecule has 38 heavy (non-hydrogen) atoms. The molecule has 4 heterocycles. The molecule has 4 rings (SSSR count). The lowest BCUT2D eigenvalue weighted by Crippen LogP contribution is -2.58. The molecule has 2 saturated heterocycles. The first-order chi connectivity index (χ1) is 17.7. The fourth-order valence-electron chi connectivity index (χ4n) is 3.86. The van der Waals surface area contributed by atoms with Crippen molar-refractivity contribution in [3.05, 3.63) is 18.6 Å². The molecule has 19 nitrogen and oxygen atoms in total. The summed E-state index contributed by atoms with van der Waals surface area (Å²) in [6.07, 6.45) is -12.9. The van der Waals surface area contributed by atoms with E-state index >= 15 is 0 Å². The number of imidazole rings is 1. The summed E-state index contributed by atoms with van der Waals surface area (Å²) < 4.78 is 49.4. The SMILES string of the molecule is Nc1ccnc2c1ncn2[C@@H]1O[C@H](COP(=O)(O)OP(=O)(O)O[C@@H]2OC(CO)[C@@H](O)[C@H](O)C2O)C(O)[C@@H]1O.